The molecular formula is C29H22F4N4O4. The van der Waals surface area contributed by atoms with Crippen molar-refractivity contribution in [3.05, 3.63) is 88.9 Å². The molecule has 41 heavy (non-hydrogen) atoms. The van der Waals surface area contributed by atoms with Gasteiger partial charge < -0.3 is 9.64 Å². The van der Waals surface area contributed by atoms with Crippen LogP contribution in [0.25, 0.3) is 11.3 Å². The molecule has 2 aromatic carbocycles. The Hall–Kier alpha value is -4.79. The van der Waals surface area contributed by atoms with Gasteiger partial charge in [0.1, 0.15) is 18.4 Å². The monoisotopic (exact) mass is 566 g/mol. The van der Waals surface area contributed by atoms with E-state index in [0.29, 0.717) is 44.2 Å². The van der Waals surface area contributed by atoms with E-state index >= 15 is 0 Å². The van der Waals surface area contributed by atoms with Crippen LogP contribution in [0.2, 0.25) is 0 Å². The smallest absolute Gasteiger partial charge is 0.418 e. The molecule has 12 heteroatoms. The first-order valence-corrected chi connectivity index (χ1v) is 12.6. The summed E-state index contributed by atoms with van der Waals surface area (Å²) in [4.78, 5) is 44.9. The number of ether oxygens (including phenoxy) is 1. The third-order valence-electron chi connectivity index (χ3n) is 7.37. The van der Waals surface area contributed by atoms with Crippen LogP contribution in [0.4, 0.5) is 22.4 Å². The van der Waals surface area contributed by atoms with E-state index in [0.717, 1.165) is 19.1 Å². The average molecular weight is 567 g/mol. The Labute approximate surface area is 231 Å². The van der Waals surface area contributed by atoms with E-state index < -0.39 is 54.6 Å². The van der Waals surface area contributed by atoms with Gasteiger partial charge in [0.15, 0.2) is 0 Å². The molecule has 2 heterocycles. The van der Waals surface area contributed by atoms with Crippen molar-refractivity contribution in [3.8, 4) is 17.3 Å². The van der Waals surface area contributed by atoms with Gasteiger partial charge in [-0.1, -0.05) is 24.3 Å². The van der Waals surface area contributed by atoms with Gasteiger partial charge in [-0.05, 0) is 54.8 Å². The third-order valence-corrected chi connectivity index (χ3v) is 7.37. The maximum absolute atomic E-state index is 13.7. The Kier molecular flexibility index (Phi) is 6.98. The van der Waals surface area contributed by atoms with Crippen LogP contribution in [0, 0.1) is 17.1 Å². The predicted octanol–water partition coefficient (Wildman–Crippen LogP) is 4.86. The normalized spacial score (nSPS) is 18.7. The number of imide groups is 1. The summed E-state index contributed by atoms with van der Waals surface area (Å²) in [5, 5.41) is 9.17. The van der Waals surface area contributed by atoms with Crippen molar-refractivity contribution >= 4 is 17.9 Å². The first-order chi connectivity index (χ1) is 19.4. The number of benzene rings is 2. The third kappa shape index (κ3) is 5.11. The van der Waals surface area contributed by atoms with E-state index in [9.17, 15) is 31.9 Å². The summed E-state index contributed by atoms with van der Waals surface area (Å²) in [5.74, 6) is -2.56. The van der Waals surface area contributed by atoms with E-state index in [1.807, 2.05) is 6.07 Å². The molecule has 5 rings (SSSR count). The number of nitriles is 1. The van der Waals surface area contributed by atoms with E-state index in [4.69, 9.17) is 10.00 Å². The van der Waals surface area contributed by atoms with Crippen LogP contribution in [0.15, 0.2) is 60.8 Å². The quantitative estimate of drug-likeness (QED) is 0.395. The number of carbonyl (C=O) groups excluding carboxylic acids is 3. The first-order valence-electron chi connectivity index (χ1n) is 12.6. The van der Waals surface area contributed by atoms with Crippen LogP contribution < -0.4 is 0 Å². The fourth-order valence-corrected chi connectivity index (χ4v) is 5.10. The van der Waals surface area contributed by atoms with Crippen LogP contribution in [-0.4, -0.2) is 51.5 Å². The lowest BCUT2D eigenvalue weighted by Gasteiger charge is -2.31. The number of alkyl halides is 3. The summed E-state index contributed by atoms with van der Waals surface area (Å²) in [6.07, 6.45) is -3.99. The fourth-order valence-electron chi connectivity index (χ4n) is 5.10. The molecule has 1 saturated heterocycles. The number of fused-ring (bicyclic) bond motifs is 2. The minimum Gasteiger partial charge on any atom is -0.427 e. The lowest BCUT2D eigenvalue weighted by atomic mass is 9.93. The fraction of sp³-hybridized carbons (Fsp3) is 0.276. The van der Waals surface area contributed by atoms with Crippen molar-refractivity contribution in [1.82, 2.24) is 14.8 Å². The van der Waals surface area contributed by atoms with E-state index in [2.05, 4.69) is 4.98 Å². The van der Waals surface area contributed by atoms with Crippen LogP contribution in [0.5, 0.6) is 0 Å². The Balaban J connectivity index is 1.39. The van der Waals surface area contributed by atoms with E-state index in [-0.39, 0.29) is 12.0 Å². The molecule has 0 radical (unpaired) electrons. The highest BCUT2D eigenvalue weighted by Gasteiger charge is 2.58. The van der Waals surface area contributed by atoms with Gasteiger partial charge in [0.2, 0.25) is 11.5 Å². The number of halogens is 4. The number of nitrogens with zero attached hydrogens (tertiary/aromatic N) is 4. The summed E-state index contributed by atoms with van der Waals surface area (Å²) in [5.41, 5.74) is 1.28. The Bertz CT molecular complexity index is 1580. The highest BCUT2D eigenvalue weighted by Crippen LogP contribution is 2.46. The Morgan fingerprint density at radius 1 is 1.17 bits per heavy atom. The van der Waals surface area contributed by atoms with Crippen molar-refractivity contribution in [3.63, 3.8) is 0 Å². The van der Waals surface area contributed by atoms with Crippen LogP contribution in [0.3, 0.4) is 0 Å². The van der Waals surface area contributed by atoms with Crippen LogP contribution in [-0.2, 0) is 32.9 Å². The van der Waals surface area contributed by atoms with Gasteiger partial charge in [0, 0.05) is 30.3 Å². The number of hydrogen-bond acceptors (Lipinski definition) is 6. The predicted molar refractivity (Wildman–Crippen MR) is 135 cm³/mol. The molecule has 1 fully saturated rings. The van der Waals surface area contributed by atoms with Gasteiger partial charge in [0.05, 0.1) is 17.3 Å². The molecule has 1 aliphatic heterocycles. The topological polar surface area (TPSA) is 104 Å². The van der Waals surface area contributed by atoms with Gasteiger partial charge in [0.25, 0.3) is 5.91 Å². The SMILES string of the molecule is C[C@H](N(Cc1ccc(F)cc1)C(=O)CN1C(=O)O[C@@]2(CCc3cc(-c4cc(C#N)ccn4)ccc32)C1=O)C(F)(F)F. The molecular weight excluding hydrogens is 544 g/mol. The van der Waals surface area contributed by atoms with Gasteiger partial charge in [-0.15, -0.1) is 0 Å². The summed E-state index contributed by atoms with van der Waals surface area (Å²) in [6, 6.07) is 12.6. The average Bonchev–Trinajstić information content (AvgIpc) is 3.43. The van der Waals surface area contributed by atoms with E-state index in [1.54, 1.807) is 30.3 Å². The number of carbonyl (C=O) groups is 3. The summed E-state index contributed by atoms with van der Waals surface area (Å²) < 4.78 is 59.8. The molecule has 2 aliphatic rings. The first kappa shape index (κ1) is 27.8. The van der Waals surface area contributed by atoms with Crippen molar-refractivity contribution < 1.29 is 36.7 Å². The number of hydrogen-bond donors (Lipinski definition) is 0. The molecule has 1 aliphatic carbocycles. The van der Waals surface area contributed by atoms with Crippen LogP contribution in [0.1, 0.15) is 35.6 Å². The summed E-state index contributed by atoms with van der Waals surface area (Å²) >= 11 is 0. The zero-order valence-electron chi connectivity index (χ0n) is 21.6. The minimum absolute atomic E-state index is 0.0883. The van der Waals surface area contributed by atoms with Crippen molar-refractivity contribution in [1.29, 1.82) is 5.26 Å². The second kappa shape index (κ2) is 10.3. The number of aromatic nitrogens is 1. The summed E-state index contributed by atoms with van der Waals surface area (Å²) in [6.45, 7) is -0.688. The molecule has 0 bridgehead atoms. The lowest BCUT2D eigenvalue weighted by Crippen LogP contribution is -2.51. The molecule has 2 atom stereocenters. The number of aryl methyl sites for hydroxylation is 1. The highest BCUT2D eigenvalue weighted by atomic mass is 19.4. The number of rotatable bonds is 6. The Morgan fingerprint density at radius 3 is 2.59 bits per heavy atom. The molecule has 1 aromatic heterocycles. The van der Waals surface area contributed by atoms with Crippen molar-refractivity contribution in [2.45, 2.75) is 44.1 Å². The molecule has 8 nitrogen and oxygen atoms in total. The van der Waals surface area contributed by atoms with Gasteiger partial charge in [-0.3, -0.25) is 14.6 Å². The van der Waals surface area contributed by atoms with Crippen LogP contribution >= 0.6 is 0 Å². The van der Waals surface area contributed by atoms with Crippen molar-refractivity contribution in [2.75, 3.05) is 6.54 Å². The van der Waals surface area contributed by atoms with Gasteiger partial charge >= 0.3 is 12.3 Å². The standard InChI is InChI=1S/C29H22F4N4O4/c1-17(29(31,32)33)36(15-18-2-5-22(30)6-3-18)25(38)16-37-26(39)28(41-27(37)40)10-8-20-13-21(4-7-23(20)28)24-12-19(14-34)9-11-35-24/h2-7,9,11-13,17H,8,10,15-16H2,1H3/t17-,28+/m0/s1. The maximum Gasteiger partial charge on any atom is 0.418 e. The Morgan fingerprint density at radius 2 is 1.90 bits per heavy atom. The van der Waals surface area contributed by atoms with Crippen molar-refractivity contribution in [2.24, 2.45) is 0 Å². The molecule has 210 valence electrons. The largest absolute Gasteiger partial charge is 0.427 e. The molecule has 3 aromatic rings. The summed E-state index contributed by atoms with van der Waals surface area (Å²) in [7, 11) is 0. The van der Waals surface area contributed by atoms with Gasteiger partial charge in [-0.25, -0.2) is 14.1 Å². The maximum atomic E-state index is 13.7. The second-order valence-electron chi connectivity index (χ2n) is 9.87. The van der Waals surface area contributed by atoms with E-state index in [1.165, 1.54) is 18.3 Å². The highest BCUT2D eigenvalue weighted by molar-refractivity contribution is 6.06. The molecule has 0 N–H and O–H groups in total. The molecule has 0 saturated carbocycles. The second-order valence-corrected chi connectivity index (χ2v) is 9.87. The minimum atomic E-state index is -4.80. The number of amides is 3. The molecule has 3 amide bonds. The zero-order valence-corrected chi connectivity index (χ0v) is 21.6. The molecule has 0 unspecified atom stereocenters. The number of pyridine rings is 1. The lowest BCUT2D eigenvalue weighted by molar-refractivity contribution is -0.187. The zero-order chi connectivity index (χ0) is 29.5. The van der Waals surface area contributed by atoms with Gasteiger partial charge in [-0.2, -0.15) is 18.4 Å². The molecule has 1 spiro atoms.